The number of aryl methyl sites for hydroxylation is 1. The first-order valence-electron chi connectivity index (χ1n) is 11.7. The molecular weight excluding hydrogens is 484 g/mol. The second-order valence-electron chi connectivity index (χ2n) is 8.32. The van der Waals surface area contributed by atoms with E-state index in [-0.39, 0.29) is 11.8 Å². The van der Waals surface area contributed by atoms with Crippen LogP contribution in [0, 0.1) is 6.92 Å². The number of hydrogen-bond acceptors (Lipinski definition) is 5. The van der Waals surface area contributed by atoms with Crippen molar-refractivity contribution in [3.8, 4) is 11.5 Å². The van der Waals surface area contributed by atoms with Crippen LogP contribution in [0.5, 0.6) is 11.5 Å². The Balaban J connectivity index is 1.53. The molecular formula is C30H28N2O4S. The largest absolute Gasteiger partial charge is 0.493 e. The Morgan fingerprint density at radius 3 is 2.16 bits per heavy atom. The van der Waals surface area contributed by atoms with Crippen LogP contribution < -0.4 is 20.1 Å². The normalized spacial score (nSPS) is 11.3. The summed E-state index contributed by atoms with van der Waals surface area (Å²) >= 11 is 1.42. The Bertz CT molecular complexity index is 1370. The smallest absolute Gasteiger partial charge is 0.255 e. The fourth-order valence-electron chi connectivity index (χ4n) is 3.71. The maximum Gasteiger partial charge on any atom is 0.255 e. The second-order valence-corrected chi connectivity index (χ2v) is 9.49. The molecule has 0 heterocycles. The lowest BCUT2D eigenvalue weighted by atomic mass is 10.1. The van der Waals surface area contributed by atoms with Gasteiger partial charge in [0.05, 0.1) is 14.2 Å². The molecule has 1 atom stereocenters. The number of methoxy groups -OCH3 is 2. The van der Waals surface area contributed by atoms with Crippen LogP contribution in [0.4, 0.5) is 11.4 Å². The first-order valence-corrected chi connectivity index (χ1v) is 12.6. The molecule has 0 bridgehead atoms. The van der Waals surface area contributed by atoms with Crippen molar-refractivity contribution in [1.82, 2.24) is 0 Å². The summed E-state index contributed by atoms with van der Waals surface area (Å²) in [6.45, 7) is 2.01. The highest BCUT2D eigenvalue weighted by Crippen LogP contribution is 2.37. The third-order valence-electron chi connectivity index (χ3n) is 5.65. The monoisotopic (exact) mass is 512 g/mol. The molecule has 0 aromatic heterocycles. The van der Waals surface area contributed by atoms with Gasteiger partial charge in [-0.25, -0.2) is 0 Å². The third-order valence-corrected chi connectivity index (χ3v) is 6.90. The minimum absolute atomic E-state index is 0.125. The van der Waals surface area contributed by atoms with E-state index in [1.807, 2.05) is 85.8 Å². The Hall–Kier alpha value is -4.23. The second kappa shape index (κ2) is 12.1. The fraction of sp³-hybridized carbons (Fsp3) is 0.133. The van der Waals surface area contributed by atoms with Crippen LogP contribution in [0.3, 0.4) is 0 Å². The fourth-order valence-corrected chi connectivity index (χ4v) is 4.79. The Morgan fingerprint density at radius 1 is 0.730 bits per heavy atom. The number of carbonyl (C=O) groups is 2. The zero-order valence-corrected chi connectivity index (χ0v) is 21.7. The van der Waals surface area contributed by atoms with E-state index in [4.69, 9.17) is 9.47 Å². The lowest BCUT2D eigenvalue weighted by molar-refractivity contribution is -0.115. The summed E-state index contributed by atoms with van der Waals surface area (Å²) in [5, 5.41) is 5.46. The number of hydrogen-bond donors (Lipinski definition) is 2. The standard InChI is InChI=1S/C30H28N2O4S/c1-20-12-15-23(16-13-20)31-30(34)28(21-8-5-4-6-9-21)37-25-11-7-10-24(19-25)32-29(33)22-14-17-26(35-2)27(18-22)36-3/h4-19,28H,1-3H3,(H,31,34)(H,32,33). The minimum Gasteiger partial charge on any atom is -0.493 e. The number of carbonyl (C=O) groups excluding carboxylic acids is 2. The van der Waals surface area contributed by atoms with Crippen molar-refractivity contribution in [3.63, 3.8) is 0 Å². The molecule has 4 aromatic carbocycles. The van der Waals surface area contributed by atoms with E-state index in [0.29, 0.717) is 22.7 Å². The molecule has 0 saturated heterocycles. The summed E-state index contributed by atoms with van der Waals surface area (Å²) in [6, 6.07) is 29.8. The summed E-state index contributed by atoms with van der Waals surface area (Å²) in [5.41, 5.74) is 3.81. The number of ether oxygens (including phenoxy) is 2. The molecule has 0 radical (unpaired) electrons. The van der Waals surface area contributed by atoms with E-state index in [0.717, 1.165) is 21.7 Å². The average molecular weight is 513 g/mol. The van der Waals surface area contributed by atoms with E-state index >= 15 is 0 Å². The van der Waals surface area contributed by atoms with Gasteiger partial charge in [-0.3, -0.25) is 9.59 Å². The Labute approximate surface area is 221 Å². The van der Waals surface area contributed by atoms with Gasteiger partial charge in [0.1, 0.15) is 5.25 Å². The minimum atomic E-state index is -0.487. The van der Waals surface area contributed by atoms with E-state index < -0.39 is 5.25 Å². The van der Waals surface area contributed by atoms with Crippen molar-refractivity contribution in [1.29, 1.82) is 0 Å². The molecule has 0 fully saturated rings. The molecule has 6 nitrogen and oxygen atoms in total. The van der Waals surface area contributed by atoms with Crippen LogP contribution in [0.1, 0.15) is 26.7 Å². The number of thioether (sulfide) groups is 1. The molecule has 188 valence electrons. The quantitative estimate of drug-likeness (QED) is 0.243. The van der Waals surface area contributed by atoms with Gasteiger partial charge in [-0.1, -0.05) is 54.1 Å². The highest BCUT2D eigenvalue weighted by Gasteiger charge is 2.22. The molecule has 4 rings (SSSR count). The molecule has 0 aliphatic carbocycles. The van der Waals surface area contributed by atoms with Crippen LogP contribution in [0.15, 0.2) is 102 Å². The maximum atomic E-state index is 13.3. The number of rotatable bonds is 9. The number of benzene rings is 4. The van der Waals surface area contributed by atoms with Gasteiger partial charge in [-0.15, -0.1) is 11.8 Å². The van der Waals surface area contributed by atoms with Gasteiger partial charge in [0, 0.05) is 21.8 Å². The molecule has 37 heavy (non-hydrogen) atoms. The summed E-state index contributed by atoms with van der Waals surface area (Å²) in [5.74, 6) is 0.623. The highest BCUT2D eigenvalue weighted by molar-refractivity contribution is 8.00. The van der Waals surface area contributed by atoms with Crippen LogP contribution >= 0.6 is 11.8 Å². The first-order chi connectivity index (χ1) is 18.0. The molecule has 7 heteroatoms. The van der Waals surface area contributed by atoms with E-state index in [9.17, 15) is 9.59 Å². The zero-order valence-electron chi connectivity index (χ0n) is 20.9. The van der Waals surface area contributed by atoms with Crippen molar-refractivity contribution in [2.24, 2.45) is 0 Å². The summed E-state index contributed by atoms with van der Waals surface area (Å²) in [4.78, 5) is 27.1. The predicted molar refractivity (Wildman–Crippen MR) is 149 cm³/mol. The lowest BCUT2D eigenvalue weighted by Gasteiger charge is -2.18. The molecule has 0 aliphatic rings. The summed E-state index contributed by atoms with van der Waals surface area (Å²) < 4.78 is 10.6. The van der Waals surface area contributed by atoms with E-state index in [2.05, 4.69) is 10.6 Å². The van der Waals surface area contributed by atoms with Crippen molar-refractivity contribution < 1.29 is 19.1 Å². The molecule has 2 amide bonds. The van der Waals surface area contributed by atoms with Gasteiger partial charge < -0.3 is 20.1 Å². The van der Waals surface area contributed by atoms with Crippen LogP contribution in [-0.4, -0.2) is 26.0 Å². The van der Waals surface area contributed by atoms with Gasteiger partial charge in [-0.2, -0.15) is 0 Å². The molecule has 0 spiro atoms. The average Bonchev–Trinajstić information content (AvgIpc) is 2.93. The number of nitrogens with one attached hydrogen (secondary N) is 2. The summed E-state index contributed by atoms with van der Waals surface area (Å²) in [7, 11) is 3.07. The first kappa shape index (κ1) is 25.9. The molecule has 2 N–H and O–H groups in total. The lowest BCUT2D eigenvalue weighted by Crippen LogP contribution is -2.19. The zero-order chi connectivity index (χ0) is 26.2. The molecule has 4 aromatic rings. The van der Waals surface area contributed by atoms with Crippen LogP contribution in [-0.2, 0) is 4.79 Å². The van der Waals surface area contributed by atoms with Gasteiger partial charge in [0.2, 0.25) is 5.91 Å². The molecule has 0 aliphatic heterocycles. The summed E-state index contributed by atoms with van der Waals surface area (Å²) in [6.07, 6.45) is 0. The van der Waals surface area contributed by atoms with Crippen molar-refractivity contribution in [3.05, 3.63) is 114 Å². The molecule has 0 saturated carbocycles. The van der Waals surface area contributed by atoms with E-state index in [1.165, 1.54) is 18.9 Å². The Kier molecular flexibility index (Phi) is 8.48. The number of anilines is 2. The predicted octanol–water partition coefficient (Wildman–Crippen LogP) is 6.74. The van der Waals surface area contributed by atoms with Gasteiger partial charge in [0.25, 0.3) is 5.91 Å². The van der Waals surface area contributed by atoms with Gasteiger partial charge in [0.15, 0.2) is 11.5 Å². The van der Waals surface area contributed by atoms with Crippen LogP contribution in [0.25, 0.3) is 0 Å². The maximum absolute atomic E-state index is 13.3. The highest BCUT2D eigenvalue weighted by atomic mass is 32.2. The SMILES string of the molecule is COc1ccc(C(=O)Nc2cccc(SC(C(=O)Nc3ccc(C)cc3)c3ccccc3)c2)cc1OC. The number of amides is 2. The van der Waals surface area contributed by atoms with Crippen molar-refractivity contribution >= 4 is 35.0 Å². The Morgan fingerprint density at radius 2 is 1.46 bits per heavy atom. The molecule has 1 unspecified atom stereocenters. The van der Waals surface area contributed by atoms with Gasteiger partial charge in [-0.05, 0) is 61.0 Å². The van der Waals surface area contributed by atoms with Crippen molar-refractivity contribution in [2.75, 3.05) is 24.9 Å². The topological polar surface area (TPSA) is 76.7 Å². The van der Waals surface area contributed by atoms with Crippen molar-refractivity contribution in [2.45, 2.75) is 17.1 Å². The van der Waals surface area contributed by atoms with Gasteiger partial charge >= 0.3 is 0 Å². The van der Waals surface area contributed by atoms with Crippen LogP contribution in [0.2, 0.25) is 0 Å². The van der Waals surface area contributed by atoms with E-state index in [1.54, 1.807) is 25.3 Å². The third kappa shape index (κ3) is 6.71.